The first-order valence-electron chi connectivity index (χ1n) is 8.12. The molecule has 0 saturated carbocycles. The summed E-state index contributed by atoms with van der Waals surface area (Å²) in [5.74, 6) is -0.441. The van der Waals surface area contributed by atoms with Gasteiger partial charge in [0.15, 0.2) is 0 Å². The molecule has 0 N–H and O–H groups in total. The van der Waals surface area contributed by atoms with Gasteiger partial charge in [-0.05, 0) is 17.7 Å². The van der Waals surface area contributed by atoms with Crippen LogP contribution in [0.3, 0.4) is 0 Å². The minimum Gasteiger partial charge on any atom is -0.468 e. The molecule has 1 aromatic rings. The number of carbonyl (C=O) groups is 2. The number of amides is 1. The average Bonchev–Trinajstić information content (AvgIpc) is 2.87. The first kappa shape index (κ1) is 18.3. The van der Waals surface area contributed by atoms with E-state index in [2.05, 4.69) is 9.64 Å². The molecule has 0 unspecified atom stereocenters. The van der Waals surface area contributed by atoms with Crippen molar-refractivity contribution in [2.45, 2.75) is 25.0 Å². The molecule has 6 nitrogen and oxygen atoms in total. The lowest BCUT2D eigenvalue weighted by atomic mass is 9.91. The van der Waals surface area contributed by atoms with Crippen molar-refractivity contribution >= 4 is 35.3 Å². The molecule has 2 heterocycles. The van der Waals surface area contributed by atoms with Gasteiger partial charge >= 0.3 is 12.1 Å². The van der Waals surface area contributed by atoms with Crippen LogP contribution in [0.2, 0.25) is 10.0 Å². The molecule has 0 atom stereocenters. The van der Waals surface area contributed by atoms with Crippen LogP contribution in [-0.4, -0.2) is 60.8 Å². The van der Waals surface area contributed by atoms with E-state index in [1.54, 1.807) is 6.07 Å². The third-order valence-corrected chi connectivity index (χ3v) is 5.35. The van der Waals surface area contributed by atoms with Gasteiger partial charge in [-0.2, -0.15) is 0 Å². The largest absolute Gasteiger partial charge is 0.468 e. The van der Waals surface area contributed by atoms with Gasteiger partial charge in [-0.1, -0.05) is 29.3 Å². The first-order valence-corrected chi connectivity index (χ1v) is 8.87. The van der Waals surface area contributed by atoms with Crippen molar-refractivity contribution in [3.63, 3.8) is 0 Å². The highest BCUT2D eigenvalue weighted by Crippen LogP contribution is 2.34. The Hall–Kier alpha value is -1.50. The highest BCUT2D eigenvalue weighted by molar-refractivity contribution is 6.35. The van der Waals surface area contributed by atoms with Gasteiger partial charge in [-0.3, -0.25) is 14.6 Å². The van der Waals surface area contributed by atoms with E-state index >= 15 is 0 Å². The van der Waals surface area contributed by atoms with Crippen LogP contribution < -0.4 is 0 Å². The number of hydrogen-bond donors (Lipinski definition) is 0. The summed E-state index contributed by atoms with van der Waals surface area (Å²) in [5.41, 5.74) is 0.517. The molecular formula is C17H20Cl2N2O4. The molecule has 136 valence electrons. The summed E-state index contributed by atoms with van der Waals surface area (Å²) in [5, 5.41) is 1.28. The molecule has 2 saturated heterocycles. The zero-order valence-corrected chi connectivity index (χ0v) is 15.5. The van der Waals surface area contributed by atoms with Crippen LogP contribution in [0.25, 0.3) is 0 Å². The number of likely N-dealkylation sites (tertiary alicyclic amines) is 1. The van der Waals surface area contributed by atoms with Gasteiger partial charge in [-0.25, -0.2) is 4.79 Å². The molecule has 2 aliphatic heterocycles. The molecule has 1 amide bonds. The molecule has 1 spiro atoms. The molecule has 3 rings (SSSR count). The maximum Gasteiger partial charge on any atom is 0.411 e. The first-order chi connectivity index (χ1) is 11.9. The Balaban J connectivity index is 1.56. The highest BCUT2D eigenvalue weighted by Gasteiger charge is 2.47. The third-order valence-electron chi connectivity index (χ3n) is 4.77. The summed E-state index contributed by atoms with van der Waals surface area (Å²) in [6.07, 6.45) is 1.00. The van der Waals surface area contributed by atoms with Gasteiger partial charge in [0.25, 0.3) is 0 Å². The summed E-state index contributed by atoms with van der Waals surface area (Å²) in [6.45, 7) is 2.67. The standard InChI is InChI=1S/C17H20Cl2N2O4/c1-24-15(22)10-21-11-17(25-16(21)23)4-6-20(7-5-17)9-12-2-3-13(18)8-14(12)19/h2-3,8H,4-7,9-11H2,1H3. The van der Waals surface area contributed by atoms with Crippen LogP contribution in [0, 0.1) is 0 Å². The predicted octanol–water partition coefficient (Wildman–Crippen LogP) is 2.95. The van der Waals surface area contributed by atoms with Crippen LogP contribution in [0.5, 0.6) is 0 Å². The number of benzene rings is 1. The summed E-state index contributed by atoms with van der Waals surface area (Å²) in [6, 6.07) is 5.51. The van der Waals surface area contributed by atoms with E-state index in [4.69, 9.17) is 27.9 Å². The van der Waals surface area contributed by atoms with Gasteiger partial charge < -0.3 is 9.47 Å². The third kappa shape index (κ3) is 4.19. The summed E-state index contributed by atoms with van der Waals surface area (Å²) in [4.78, 5) is 27.1. The van der Waals surface area contributed by atoms with E-state index in [1.807, 2.05) is 12.1 Å². The lowest BCUT2D eigenvalue weighted by molar-refractivity contribution is -0.141. The van der Waals surface area contributed by atoms with Crippen LogP contribution in [0.15, 0.2) is 18.2 Å². The van der Waals surface area contributed by atoms with E-state index in [0.717, 1.165) is 38.0 Å². The monoisotopic (exact) mass is 386 g/mol. The zero-order valence-electron chi connectivity index (χ0n) is 14.0. The van der Waals surface area contributed by atoms with Crippen molar-refractivity contribution in [2.75, 3.05) is 33.3 Å². The summed E-state index contributed by atoms with van der Waals surface area (Å²) < 4.78 is 10.2. The molecule has 2 fully saturated rings. The van der Waals surface area contributed by atoms with Crippen LogP contribution in [0.4, 0.5) is 4.79 Å². The van der Waals surface area contributed by atoms with Crippen molar-refractivity contribution in [1.82, 2.24) is 9.80 Å². The molecule has 25 heavy (non-hydrogen) atoms. The molecule has 0 radical (unpaired) electrons. The van der Waals surface area contributed by atoms with Gasteiger partial charge in [0, 0.05) is 42.5 Å². The fourth-order valence-corrected chi connectivity index (χ4v) is 3.77. The van der Waals surface area contributed by atoms with Gasteiger partial charge in [0.2, 0.25) is 0 Å². The zero-order chi connectivity index (χ0) is 18.0. The maximum absolute atomic E-state index is 12.0. The van der Waals surface area contributed by atoms with E-state index < -0.39 is 17.7 Å². The number of hydrogen-bond acceptors (Lipinski definition) is 5. The van der Waals surface area contributed by atoms with Gasteiger partial charge in [0.1, 0.15) is 12.1 Å². The van der Waals surface area contributed by atoms with E-state index in [-0.39, 0.29) is 6.54 Å². The number of ether oxygens (including phenoxy) is 2. The molecule has 8 heteroatoms. The topological polar surface area (TPSA) is 59.1 Å². The number of piperidine rings is 1. The lowest BCUT2D eigenvalue weighted by Crippen LogP contribution is -2.46. The van der Waals surface area contributed by atoms with E-state index in [0.29, 0.717) is 16.6 Å². The number of methoxy groups -OCH3 is 1. The quantitative estimate of drug-likeness (QED) is 0.744. The Morgan fingerprint density at radius 3 is 2.68 bits per heavy atom. The minimum absolute atomic E-state index is 0.0683. The van der Waals surface area contributed by atoms with E-state index in [1.165, 1.54) is 12.0 Å². The SMILES string of the molecule is COC(=O)CN1CC2(CCN(Cc3ccc(Cl)cc3Cl)CC2)OC1=O. The van der Waals surface area contributed by atoms with Crippen molar-refractivity contribution in [3.8, 4) is 0 Å². The Morgan fingerprint density at radius 1 is 1.32 bits per heavy atom. The lowest BCUT2D eigenvalue weighted by Gasteiger charge is -2.37. The minimum atomic E-state index is -0.509. The van der Waals surface area contributed by atoms with Crippen molar-refractivity contribution in [3.05, 3.63) is 33.8 Å². The Kier molecular flexibility index (Phi) is 5.41. The number of carbonyl (C=O) groups excluding carboxylic acids is 2. The van der Waals surface area contributed by atoms with Gasteiger partial charge in [-0.15, -0.1) is 0 Å². The summed E-state index contributed by atoms with van der Waals surface area (Å²) in [7, 11) is 1.31. The normalized spacial score (nSPS) is 20.0. The molecule has 0 aromatic heterocycles. The Bertz CT molecular complexity index is 675. The van der Waals surface area contributed by atoms with E-state index in [9.17, 15) is 9.59 Å². The number of esters is 1. The Labute approximate surface area is 156 Å². The molecule has 0 bridgehead atoms. The molecule has 1 aromatic carbocycles. The maximum atomic E-state index is 12.0. The number of nitrogens with zero attached hydrogens (tertiary/aromatic N) is 2. The smallest absolute Gasteiger partial charge is 0.411 e. The second kappa shape index (κ2) is 7.40. The van der Waals surface area contributed by atoms with Gasteiger partial charge in [0.05, 0.1) is 13.7 Å². The Morgan fingerprint density at radius 2 is 2.04 bits per heavy atom. The number of halogens is 2. The van der Waals surface area contributed by atoms with Crippen LogP contribution >= 0.6 is 23.2 Å². The average molecular weight is 387 g/mol. The fraction of sp³-hybridized carbons (Fsp3) is 0.529. The van der Waals surface area contributed by atoms with Crippen molar-refractivity contribution in [1.29, 1.82) is 0 Å². The van der Waals surface area contributed by atoms with Crippen molar-refractivity contribution < 1.29 is 19.1 Å². The van der Waals surface area contributed by atoms with Crippen LogP contribution in [0.1, 0.15) is 18.4 Å². The van der Waals surface area contributed by atoms with Crippen LogP contribution in [-0.2, 0) is 20.8 Å². The predicted molar refractivity (Wildman–Crippen MR) is 93.8 cm³/mol. The summed E-state index contributed by atoms with van der Waals surface area (Å²) >= 11 is 12.2. The highest BCUT2D eigenvalue weighted by atomic mass is 35.5. The molecule has 2 aliphatic rings. The number of rotatable bonds is 4. The molecule has 0 aliphatic carbocycles. The second-order valence-corrected chi connectivity index (χ2v) is 7.34. The fourth-order valence-electron chi connectivity index (χ4n) is 3.30. The molecular weight excluding hydrogens is 367 g/mol. The van der Waals surface area contributed by atoms with Crippen molar-refractivity contribution in [2.24, 2.45) is 0 Å². The second-order valence-electron chi connectivity index (χ2n) is 6.50.